The zero-order chi connectivity index (χ0) is 9.97. The number of nitrogens with two attached hydrogens (primary N) is 1. The van der Waals surface area contributed by atoms with Crippen LogP contribution in [0.2, 0.25) is 0 Å². The zero-order valence-electron chi connectivity index (χ0n) is 8.69. The van der Waals surface area contributed by atoms with Gasteiger partial charge in [0.05, 0.1) is 11.9 Å². The van der Waals surface area contributed by atoms with Crippen molar-refractivity contribution in [2.24, 2.45) is 18.7 Å². The summed E-state index contributed by atoms with van der Waals surface area (Å²) in [6.45, 7) is 0.788. The van der Waals surface area contributed by atoms with Crippen LogP contribution >= 0.6 is 0 Å². The predicted octanol–water partition coefficient (Wildman–Crippen LogP) is 1.05. The fourth-order valence-corrected chi connectivity index (χ4v) is 2.51. The zero-order valence-corrected chi connectivity index (χ0v) is 8.69. The van der Waals surface area contributed by atoms with E-state index in [2.05, 4.69) is 10.3 Å². The van der Waals surface area contributed by atoms with E-state index in [1.165, 1.54) is 31.4 Å². The van der Waals surface area contributed by atoms with Crippen molar-refractivity contribution in [3.63, 3.8) is 0 Å². The number of aromatic nitrogens is 3. The van der Waals surface area contributed by atoms with Gasteiger partial charge in [0, 0.05) is 13.0 Å². The topological polar surface area (TPSA) is 56.7 Å². The van der Waals surface area contributed by atoms with Gasteiger partial charge in [-0.25, -0.2) is 0 Å². The average molecular weight is 194 g/mol. The maximum atomic E-state index is 5.80. The number of nitrogens with zero attached hydrogens (tertiary/aromatic N) is 3. The Hall–Kier alpha value is -0.900. The summed E-state index contributed by atoms with van der Waals surface area (Å²) >= 11 is 0. The van der Waals surface area contributed by atoms with E-state index in [0.29, 0.717) is 11.8 Å². The van der Waals surface area contributed by atoms with Crippen LogP contribution in [-0.2, 0) is 7.05 Å². The van der Waals surface area contributed by atoms with Crippen molar-refractivity contribution in [3.8, 4) is 0 Å². The van der Waals surface area contributed by atoms with Crippen LogP contribution in [0.3, 0.4) is 0 Å². The van der Waals surface area contributed by atoms with Crippen LogP contribution in [-0.4, -0.2) is 21.5 Å². The summed E-state index contributed by atoms with van der Waals surface area (Å²) in [4.78, 5) is 0. The lowest BCUT2D eigenvalue weighted by Gasteiger charge is -2.30. The van der Waals surface area contributed by atoms with Crippen molar-refractivity contribution in [1.82, 2.24) is 15.0 Å². The smallest absolute Gasteiger partial charge is 0.0728 e. The SMILES string of the molecule is Cn1nncc1C1CCCCC1CN. The molecule has 1 fully saturated rings. The molecule has 0 spiro atoms. The van der Waals surface area contributed by atoms with Gasteiger partial charge in [-0.15, -0.1) is 5.10 Å². The first kappa shape index (κ1) is 9.65. The Labute approximate surface area is 84.5 Å². The number of hydrogen-bond donors (Lipinski definition) is 1. The van der Waals surface area contributed by atoms with Crippen molar-refractivity contribution in [3.05, 3.63) is 11.9 Å². The molecule has 0 saturated heterocycles. The summed E-state index contributed by atoms with van der Waals surface area (Å²) in [5.41, 5.74) is 7.05. The van der Waals surface area contributed by atoms with Gasteiger partial charge in [-0.05, 0) is 25.3 Å². The van der Waals surface area contributed by atoms with Crippen LogP contribution < -0.4 is 5.73 Å². The van der Waals surface area contributed by atoms with E-state index in [4.69, 9.17) is 5.73 Å². The Bertz CT molecular complexity index is 294. The van der Waals surface area contributed by atoms with Gasteiger partial charge in [-0.2, -0.15) is 0 Å². The maximum absolute atomic E-state index is 5.80. The summed E-state index contributed by atoms with van der Waals surface area (Å²) in [5.74, 6) is 1.20. The van der Waals surface area contributed by atoms with Crippen molar-refractivity contribution >= 4 is 0 Å². The van der Waals surface area contributed by atoms with Crippen LogP contribution in [0.1, 0.15) is 37.3 Å². The van der Waals surface area contributed by atoms with E-state index in [1.807, 2.05) is 17.9 Å². The van der Waals surface area contributed by atoms with E-state index in [-0.39, 0.29) is 0 Å². The van der Waals surface area contributed by atoms with Crippen LogP contribution in [0.25, 0.3) is 0 Å². The van der Waals surface area contributed by atoms with Gasteiger partial charge in [-0.1, -0.05) is 18.1 Å². The summed E-state index contributed by atoms with van der Waals surface area (Å²) < 4.78 is 1.89. The van der Waals surface area contributed by atoms with E-state index in [9.17, 15) is 0 Å². The minimum atomic E-state index is 0.578. The quantitative estimate of drug-likeness (QED) is 0.765. The number of hydrogen-bond acceptors (Lipinski definition) is 3. The maximum Gasteiger partial charge on any atom is 0.0728 e. The molecule has 2 atom stereocenters. The first-order valence-corrected chi connectivity index (χ1v) is 5.37. The molecule has 1 aromatic rings. The molecule has 2 N–H and O–H groups in total. The summed E-state index contributed by atoms with van der Waals surface area (Å²) in [7, 11) is 1.96. The molecule has 2 rings (SSSR count). The molecule has 0 radical (unpaired) electrons. The van der Waals surface area contributed by atoms with Crippen LogP contribution in [0.4, 0.5) is 0 Å². The molecular weight excluding hydrogens is 176 g/mol. The normalized spacial score (nSPS) is 27.9. The third kappa shape index (κ3) is 1.66. The Morgan fingerprint density at radius 2 is 2.29 bits per heavy atom. The highest BCUT2D eigenvalue weighted by atomic mass is 15.4. The fraction of sp³-hybridized carbons (Fsp3) is 0.800. The summed E-state index contributed by atoms with van der Waals surface area (Å²) in [5, 5.41) is 7.92. The molecule has 2 unspecified atom stereocenters. The highest BCUT2D eigenvalue weighted by Crippen LogP contribution is 2.36. The van der Waals surface area contributed by atoms with Crippen molar-refractivity contribution in [2.75, 3.05) is 6.54 Å². The second-order valence-electron chi connectivity index (χ2n) is 4.17. The molecule has 78 valence electrons. The Kier molecular flexibility index (Phi) is 2.82. The largest absolute Gasteiger partial charge is 0.330 e. The van der Waals surface area contributed by atoms with E-state index in [1.54, 1.807) is 0 Å². The van der Waals surface area contributed by atoms with E-state index < -0.39 is 0 Å². The number of rotatable bonds is 2. The molecule has 1 aliphatic carbocycles. The summed E-state index contributed by atoms with van der Waals surface area (Å²) in [6, 6.07) is 0. The summed E-state index contributed by atoms with van der Waals surface area (Å²) in [6.07, 6.45) is 7.02. The van der Waals surface area contributed by atoms with Gasteiger partial charge in [0.15, 0.2) is 0 Å². The minimum Gasteiger partial charge on any atom is -0.330 e. The van der Waals surface area contributed by atoms with Gasteiger partial charge in [0.25, 0.3) is 0 Å². The lowest BCUT2D eigenvalue weighted by atomic mass is 9.77. The Balaban J connectivity index is 2.19. The monoisotopic (exact) mass is 194 g/mol. The third-order valence-corrected chi connectivity index (χ3v) is 3.34. The first-order chi connectivity index (χ1) is 6.83. The van der Waals surface area contributed by atoms with Gasteiger partial charge in [-0.3, -0.25) is 4.68 Å². The molecule has 1 saturated carbocycles. The molecule has 0 amide bonds. The molecule has 4 heteroatoms. The molecule has 14 heavy (non-hydrogen) atoms. The van der Waals surface area contributed by atoms with Crippen LogP contribution in [0, 0.1) is 5.92 Å². The molecule has 1 aliphatic rings. The third-order valence-electron chi connectivity index (χ3n) is 3.34. The van der Waals surface area contributed by atoms with Crippen molar-refractivity contribution < 1.29 is 0 Å². The molecule has 4 nitrogen and oxygen atoms in total. The number of aryl methyl sites for hydroxylation is 1. The van der Waals surface area contributed by atoms with Gasteiger partial charge in [0.1, 0.15) is 0 Å². The minimum absolute atomic E-state index is 0.578. The fourth-order valence-electron chi connectivity index (χ4n) is 2.51. The molecule has 0 bridgehead atoms. The average Bonchev–Trinajstić information content (AvgIpc) is 2.64. The molecule has 0 aliphatic heterocycles. The molecule has 1 heterocycles. The van der Waals surface area contributed by atoms with Gasteiger partial charge < -0.3 is 5.73 Å². The van der Waals surface area contributed by atoms with Gasteiger partial charge >= 0.3 is 0 Å². The van der Waals surface area contributed by atoms with E-state index in [0.717, 1.165) is 6.54 Å². The second kappa shape index (κ2) is 4.09. The molecule has 0 aromatic carbocycles. The predicted molar refractivity (Wildman–Crippen MR) is 54.8 cm³/mol. The van der Waals surface area contributed by atoms with E-state index >= 15 is 0 Å². The van der Waals surface area contributed by atoms with Crippen molar-refractivity contribution in [2.45, 2.75) is 31.6 Å². The second-order valence-corrected chi connectivity index (χ2v) is 4.17. The first-order valence-electron chi connectivity index (χ1n) is 5.37. The van der Waals surface area contributed by atoms with Gasteiger partial charge in [0.2, 0.25) is 0 Å². The highest BCUT2D eigenvalue weighted by molar-refractivity contribution is 5.06. The molecular formula is C10H18N4. The van der Waals surface area contributed by atoms with Crippen LogP contribution in [0.15, 0.2) is 6.20 Å². The molecule has 1 aromatic heterocycles. The van der Waals surface area contributed by atoms with Crippen LogP contribution in [0.5, 0.6) is 0 Å². The Morgan fingerprint density at radius 1 is 1.50 bits per heavy atom. The highest BCUT2D eigenvalue weighted by Gasteiger charge is 2.27. The lowest BCUT2D eigenvalue weighted by molar-refractivity contribution is 0.303. The van der Waals surface area contributed by atoms with Crippen molar-refractivity contribution in [1.29, 1.82) is 0 Å². The lowest BCUT2D eigenvalue weighted by Crippen LogP contribution is -2.26. The Morgan fingerprint density at radius 3 is 2.93 bits per heavy atom. The standard InChI is InChI=1S/C10H18N4/c1-14-10(7-12-13-14)9-5-3-2-4-8(9)6-11/h7-9H,2-6,11H2,1H3.